The molecule has 4 heteroatoms. The second-order valence-corrected chi connectivity index (χ2v) is 10.8. The van der Waals surface area contributed by atoms with Crippen molar-refractivity contribution in [2.75, 3.05) is 18.0 Å². The highest BCUT2D eigenvalue weighted by molar-refractivity contribution is 6.03. The number of carboxylic acids is 1. The molecule has 1 N–H and O–H groups in total. The lowest BCUT2D eigenvalue weighted by molar-refractivity contribution is -0.437. The number of anilines is 1. The number of carboxylic acid groups (broad SMARTS) is 1. The first kappa shape index (κ1) is 25.7. The molecule has 188 valence electrons. The van der Waals surface area contributed by atoms with Crippen molar-refractivity contribution in [3.8, 4) is 0 Å². The number of nitrogens with zero attached hydrogens (tertiary/aromatic N) is 2. The topological polar surface area (TPSA) is 43.5 Å². The molecule has 0 saturated carbocycles. The third-order valence-corrected chi connectivity index (χ3v) is 7.55. The van der Waals surface area contributed by atoms with Gasteiger partial charge in [-0.1, -0.05) is 75.4 Å². The summed E-state index contributed by atoms with van der Waals surface area (Å²) in [6.07, 6.45) is 12.7. The van der Waals surface area contributed by atoms with E-state index in [9.17, 15) is 4.79 Å². The van der Waals surface area contributed by atoms with Gasteiger partial charge in [0.05, 0.1) is 5.41 Å². The van der Waals surface area contributed by atoms with Crippen LogP contribution in [-0.2, 0) is 15.6 Å². The van der Waals surface area contributed by atoms with Crippen LogP contribution in [0.5, 0.6) is 0 Å². The number of para-hydroxylation sites is 2. The van der Waals surface area contributed by atoms with E-state index in [0.29, 0.717) is 13.0 Å². The Hall–Kier alpha value is -3.40. The van der Waals surface area contributed by atoms with E-state index < -0.39 is 5.97 Å². The number of hydrogen-bond acceptors (Lipinski definition) is 2. The van der Waals surface area contributed by atoms with Crippen molar-refractivity contribution in [1.29, 1.82) is 0 Å². The smallest absolute Gasteiger partial charge is 0.303 e. The van der Waals surface area contributed by atoms with E-state index in [1.54, 1.807) is 0 Å². The Balaban J connectivity index is 1.60. The standard InChI is InChI=1S/C32H38N2O2/c1-6-22-33-26-17-12-10-15-24(26)31(2,3)28(33)19-8-7-9-20-29-32(4,5)25-16-11-13-18-27(25)34(29)23-14-21-30(35)36/h7-13,15-20H,6,14,21-23H2,1-5H3/p+1. The van der Waals surface area contributed by atoms with Crippen molar-refractivity contribution in [1.82, 2.24) is 0 Å². The van der Waals surface area contributed by atoms with Crippen LogP contribution in [0.25, 0.3) is 0 Å². The number of aliphatic carboxylic acids is 1. The van der Waals surface area contributed by atoms with E-state index >= 15 is 0 Å². The molecule has 0 saturated heterocycles. The Morgan fingerprint density at radius 3 is 2.36 bits per heavy atom. The molecule has 2 heterocycles. The van der Waals surface area contributed by atoms with E-state index in [-0.39, 0.29) is 17.3 Å². The summed E-state index contributed by atoms with van der Waals surface area (Å²) in [6, 6.07) is 17.2. The van der Waals surface area contributed by atoms with Crippen molar-refractivity contribution in [2.45, 2.75) is 64.7 Å². The number of benzene rings is 2. The zero-order chi connectivity index (χ0) is 25.9. The summed E-state index contributed by atoms with van der Waals surface area (Å²) >= 11 is 0. The average Bonchev–Trinajstić information content (AvgIpc) is 3.19. The van der Waals surface area contributed by atoms with Crippen LogP contribution >= 0.6 is 0 Å². The second-order valence-electron chi connectivity index (χ2n) is 10.8. The quantitative estimate of drug-likeness (QED) is 0.305. The van der Waals surface area contributed by atoms with E-state index in [4.69, 9.17) is 5.11 Å². The van der Waals surface area contributed by atoms with Gasteiger partial charge in [-0.2, -0.15) is 4.58 Å². The molecule has 0 spiro atoms. The molecule has 0 radical (unpaired) electrons. The Kier molecular flexibility index (Phi) is 7.35. The second kappa shape index (κ2) is 10.3. The molecule has 0 bridgehead atoms. The summed E-state index contributed by atoms with van der Waals surface area (Å²) in [5.41, 5.74) is 7.51. The van der Waals surface area contributed by atoms with E-state index in [1.165, 1.54) is 33.9 Å². The lowest BCUT2D eigenvalue weighted by atomic mass is 9.81. The Labute approximate surface area is 216 Å². The predicted octanol–water partition coefficient (Wildman–Crippen LogP) is 7.13. The van der Waals surface area contributed by atoms with Gasteiger partial charge in [0.25, 0.3) is 0 Å². The largest absolute Gasteiger partial charge is 0.481 e. The molecule has 2 aliphatic rings. The number of rotatable bonds is 9. The van der Waals surface area contributed by atoms with E-state index in [0.717, 1.165) is 13.0 Å². The van der Waals surface area contributed by atoms with Crippen LogP contribution in [0, 0.1) is 0 Å². The molecule has 0 aromatic heterocycles. The van der Waals surface area contributed by atoms with Gasteiger partial charge in [-0.05, 0) is 38.0 Å². The minimum atomic E-state index is -0.746. The van der Waals surface area contributed by atoms with Crippen LogP contribution < -0.4 is 4.90 Å². The molecule has 0 fully saturated rings. The summed E-state index contributed by atoms with van der Waals surface area (Å²) in [7, 11) is 0. The van der Waals surface area contributed by atoms with Gasteiger partial charge in [-0.3, -0.25) is 4.79 Å². The maximum atomic E-state index is 11.1. The van der Waals surface area contributed by atoms with Crippen LogP contribution in [-0.4, -0.2) is 34.5 Å². The summed E-state index contributed by atoms with van der Waals surface area (Å²) in [4.78, 5) is 13.4. The van der Waals surface area contributed by atoms with Gasteiger partial charge in [0.15, 0.2) is 5.71 Å². The highest BCUT2D eigenvalue weighted by Crippen LogP contribution is 2.47. The Bertz CT molecular complexity index is 1260. The molecular formula is C32H39N2O2+. The SMILES string of the molecule is CCC[N+]1=C(/C=C/C=C/C=C2/N(CCCC(=O)O)c3ccccc3C2(C)C)C(C)(C)c2ccccc21. The molecule has 4 rings (SSSR count). The molecule has 0 amide bonds. The molecule has 2 aromatic rings. The van der Waals surface area contributed by atoms with Gasteiger partial charge in [0.1, 0.15) is 6.54 Å². The van der Waals surface area contributed by atoms with Gasteiger partial charge in [0, 0.05) is 53.9 Å². The first-order valence-corrected chi connectivity index (χ1v) is 13.1. The first-order valence-electron chi connectivity index (χ1n) is 13.1. The Morgan fingerprint density at radius 2 is 1.64 bits per heavy atom. The minimum absolute atomic E-state index is 0.0371. The third-order valence-electron chi connectivity index (χ3n) is 7.55. The van der Waals surface area contributed by atoms with Crippen molar-refractivity contribution >= 4 is 23.1 Å². The lowest BCUT2D eigenvalue weighted by Crippen LogP contribution is -2.27. The zero-order valence-electron chi connectivity index (χ0n) is 22.3. The average molecular weight is 484 g/mol. The molecule has 36 heavy (non-hydrogen) atoms. The fourth-order valence-corrected chi connectivity index (χ4v) is 5.73. The maximum absolute atomic E-state index is 11.1. The van der Waals surface area contributed by atoms with Crippen LogP contribution in [0.15, 0.2) is 84.6 Å². The van der Waals surface area contributed by atoms with Gasteiger partial charge < -0.3 is 10.0 Å². The predicted molar refractivity (Wildman–Crippen MR) is 150 cm³/mol. The van der Waals surface area contributed by atoms with Gasteiger partial charge in [-0.25, -0.2) is 0 Å². The third kappa shape index (κ3) is 4.69. The fraction of sp³-hybridized carbons (Fsp3) is 0.375. The normalized spacial score (nSPS) is 19.0. The van der Waals surface area contributed by atoms with Crippen LogP contribution in [0.3, 0.4) is 0 Å². The summed E-state index contributed by atoms with van der Waals surface area (Å²) in [6.45, 7) is 13.0. The highest BCUT2D eigenvalue weighted by atomic mass is 16.4. The van der Waals surface area contributed by atoms with Gasteiger partial charge >= 0.3 is 5.97 Å². The number of fused-ring (bicyclic) bond motifs is 2. The van der Waals surface area contributed by atoms with E-state index in [2.05, 4.69) is 123 Å². The number of carbonyl (C=O) groups is 1. The van der Waals surface area contributed by atoms with Crippen molar-refractivity contribution in [2.24, 2.45) is 0 Å². The lowest BCUT2D eigenvalue weighted by Gasteiger charge is -2.26. The molecule has 0 unspecified atom stereocenters. The molecule has 0 aliphatic carbocycles. The summed E-state index contributed by atoms with van der Waals surface area (Å²) < 4.78 is 2.46. The number of allylic oxidation sites excluding steroid dienone is 6. The van der Waals surface area contributed by atoms with Crippen molar-refractivity contribution < 1.29 is 14.5 Å². The highest BCUT2D eigenvalue weighted by Gasteiger charge is 2.43. The van der Waals surface area contributed by atoms with Crippen LogP contribution in [0.2, 0.25) is 0 Å². The molecule has 0 atom stereocenters. The monoisotopic (exact) mass is 483 g/mol. The van der Waals surface area contributed by atoms with Gasteiger partial charge in [0.2, 0.25) is 5.69 Å². The minimum Gasteiger partial charge on any atom is -0.481 e. The summed E-state index contributed by atoms with van der Waals surface area (Å²) in [5, 5.41) is 9.13. The van der Waals surface area contributed by atoms with Crippen LogP contribution in [0.1, 0.15) is 65.0 Å². The van der Waals surface area contributed by atoms with Crippen molar-refractivity contribution in [3.05, 3.63) is 95.7 Å². The molecule has 4 nitrogen and oxygen atoms in total. The Morgan fingerprint density at radius 1 is 0.944 bits per heavy atom. The summed E-state index contributed by atoms with van der Waals surface area (Å²) in [5.74, 6) is -0.746. The number of hydrogen-bond donors (Lipinski definition) is 1. The van der Waals surface area contributed by atoms with Crippen molar-refractivity contribution in [3.63, 3.8) is 0 Å². The fourth-order valence-electron chi connectivity index (χ4n) is 5.73. The molecular weight excluding hydrogens is 444 g/mol. The van der Waals surface area contributed by atoms with Crippen LogP contribution in [0.4, 0.5) is 11.4 Å². The molecule has 2 aromatic carbocycles. The molecule has 2 aliphatic heterocycles. The maximum Gasteiger partial charge on any atom is 0.303 e. The zero-order valence-corrected chi connectivity index (χ0v) is 22.3. The van der Waals surface area contributed by atoms with E-state index in [1.807, 2.05) is 0 Å². The first-order chi connectivity index (χ1) is 17.2. The van der Waals surface area contributed by atoms with Gasteiger partial charge in [-0.15, -0.1) is 0 Å².